The number of carbonyl (C=O) groups is 1. The summed E-state index contributed by atoms with van der Waals surface area (Å²) in [6.45, 7) is 9.56. The van der Waals surface area contributed by atoms with Gasteiger partial charge in [-0.3, -0.25) is 4.79 Å². The molecule has 0 radical (unpaired) electrons. The van der Waals surface area contributed by atoms with Crippen LogP contribution in [0.5, 0.6) is 0 Å². The molecule has 2 heterocycles. The number of nitrogens with one attached hydrogen (secondary N) is 1. The lowest BCUT2D eigenvalue weighted by Crippen LogP contribution is -2.49. The molecule has 0 aliphatic carbocycles. The molecule has 1 fully saturated rings. The fourth-order valence-electron chi connectivity index (χ4n) is 3.01. The van der Waals surface area contributed by atoms with Crippen molar-refractivity contribution in [2.45, 2.75) is 27.2 Å². The van der Waals surface area contributed by atoms with E-state index in [1.54, 1.807) is 0 Å². The van der Waals surface area contributed by atoms with Gasteiger partial charge in [0.15, 0.2) is 0 Å². The zero-order chi connectivity index (χ0) is 15.7. The number of amides is 1. The molecule has 0 saturated carbocycles. The summed E-state index contributed by atoms with van der Waals surface area (Å²) in [4.78, 5) is 24.2. The van der Waals surface area contributed by atoms with Gasteiger partial charge in [0.25, 0.3) is 0 Å². The first-order valence-electron chi connectivity index (χ1n) is 8.02. The van der Waals surface area contributed by atoms with Crippen molar-refractivity contribution in [2.24, 2.45) is 5.92 Å². The maximum absolute atomic E-state index is 12.1. The van der Waals surface area contributed by atoms with E-state index >= 15 is 0 Å². The van der Waals surface area contributed by atoms with Crippen molar-refractivity contribution in [2.75, 3.05) is 31.1 Å². The number of nitrogens with zero attached hydrogens (tertiary/aromatic N) is 3. The van der Waals surface area contributed by atoms with Crippen molar-refractivity contribution in [3.63, 3.8) is 0 Å². The second kappa shape index (κ2) is 5.99. The fraction of sp³-hybridized carbons (Fsp3) is 0.529. The Morgan fingerprint density at radius 1 is 1.27 bits per heavy atom. The minimum absolute atomic E-state index is 0.286. The smallest absolute Gasteiger partial charge is 0.222 e. The molecule has 2 aromatic rings. The number of aryl methyl sites for hydroxylation is 1. The number of imidazole rings is 1. The van der Waals surface area contributed by atoms with Crippen LogP contribution in [-0.2, 0) is 4.79 Å². The molecule has 1 aromatic carbocycles. The lowest BCUT2D eigenvalue weighted by Gasteiger charge is -2.36. The molecule has 0 bridgehead atoms. The summed E-state index contributed by atoms with van der Waals surface area (Å²) in [5.74, 6) is 1.65. The van der Waals surface area contributed by atoms with Crippen LogP contribution < -0.4 is 4.90 Å². The molecule has 1 saturated heterocycles. The fourth-order valence-corrected chi connectivity index (χ4v) is 3.01. The van der Waals surface area contributed by atoms with Crippen LogP contribution in [0.2, 0.25) is 0 Å². The van der Waals surface area contributed by atoms with Gasteiger partial charge in [-0.15, -0.1) is 0 Å². The molecular weight excluding hydrogens is 276 g/mol. The summed E-state index contributed by atoms with van der Waals surface area (Å²) in [6, 6.07) is 6.33. The average Bonchev–Trinajstić information content (AvgIpc) is 2.85. The predicted octanol–water partition coefficient (Wildman–Crippen LogP) is 2.57. The number of hydrogen-bond donors (Lipinski definition) is 1. The normalized spacial score (nSPS) is 15.8. The van der Waals surface area contributed by atoms with Crippen molar-refractivity contribution < 1.29 is 4.79 Å². The molecule has 5 nitrogen and oxygen atoms in total. The monoisotopic (exact) mass is 300 g/mol. The molecule has 118 valence electrons. The highest BCUT2D eigenvalue weighted by Gasteiger charge is 2.21. The van der Waals surface area contributed by atoms with Gasteiger partial charge in [0.2, 0.25) is 5.91 Å². The molecule has 1 aliphatic heterocycles. The maximum atomic E-state index is 12.1. The Kier molecular flexibility index (Phi) is 4.05. The number of anilines is 1. The van der Waals surface area contributed by atoms with Gasteiger partial charge >= 0.3 is 0 Å². The number of aromatic nitrogens is 2. The third-order valence-corrected chi connectivity index (χ3v) is 4.16. The first-order chi connectivity index (χ1) is 10.5. The first kappa shape index (κ1) is 14.9. The lowest BCUT2D eigenvalue weighted by atomic mass is 10.1. The molecule has 1 aromatic heterocycles. The maximum Gasteiger partial charge on any atom is 0.222 e. The van der Waals surface area contributed by atoms with Crippen LogP contribution in [0.15, 0.2) is 18.2 Å². The Bertz CT molecular complexity index is 668. The van der Waals surface area contributed by atoms with Gasteiger partial charge in [-0.2, -0.15) is 0 Å². The van der Waals surface area contributed by atoms with Crippen molar-refractivity contribution in [3.05, 3.63) is 24.0 Å². The van der Waals surface area contributed by atoms with Crippen molar-refractivity contribution >= 4 is 22.6 Å². The largest absolute Gasteiger partial charge is 0.368 e. The van der Waals surface area contributed by atoms with Gasteiger partial charge in [-0.05, 0) is 31.0 Å². The Labute approximate surface area is 131 Å². The van der Waals surface area contributed by atoms with E-state index < -0.39 is 0 Å². The first-order valence-corrected chi connectivity index (χ1v) is 8.02. The molecule has 0 atom stereocenters. The quantitative estimate of drug-likeness (QED) is 0.948. The SMILES string of the molecule is Cc1nc2ccc(N3CCN(C(=O)CC(C)C)CC3)cc2[nH]1. The molecule has 1 amide bonds. The molecule has 3 rings (SSSR count). The summed E-state index contributed by atoms with van der Waals surface area (Å²) in [5.41, 5.74) is 3.28. The minimum atomic E-state index is 0.286. The second-order valence-corrected chi connectivity index (χ2v) is 6.49. The van der Waals surface area contributed by atoms with E-state index in [0.29, 0.717) is 12.3 Å². The van der Waals surface area contributed by atoms with E-state index in [4.69, 9.17) is 0 Å². The second-order valence-electron chi connectivity index (χ2n) is 6.49. The molecule has 1 aliphatic rings. The standard InChI is InChI=1S/C17H24N4O/c1-12(2)10-17(22)21-8-6-20(7-9-21)14-4-5-15-16(11-14)19-13(3)18-15/h4-5,11-12H,6-10H2,1-3H3,(H,18,19). The van der Waals surface area contributed by atoms with Crippen molar-refractivity contribution in [3.8, 4) is 0 Å². The van der Waals surface area contributed by atoms with Crippen molar-refractivity contribution in [1.29, 1.82) is 0 Å². The Balaban J connectivity index is 1.66. The van der Waals surface area contributed by atoms with E-state index in [1.807, 2.05) is 11.8 Å². The molecular formula is C17H24N4O. The van der Waals surface area contributed by atoms with Crippen LogP contribution in [0.1, 0.15) is 26.1 Å². The van der Waals surface area contributed by atoms with Gasteiger partial charge in [0.05, 0.1) is 11.0 Å². The van der Waals surface area contributed by atoms with Gasteiger partial charge in [0, 0.05) is 38.3 Å². The number of piperazine rings is 1. The van der Waals surface area contributed by atoms with E-state index in [2.05, 4.69) is 46.9 Å². The topological polar surface area (TPSA) is 52.2 Å². The van der Waals surface area contributed by atoms with Gasteiger partial charge in [-0.25, -0.2) is 4.98 Å². The van der Waals surface area contributed by atoms with Crippen LogP contribution in [-0.4, -0.2) is 47.0 Å². The summed E-state index contributed by atoms with van der Waals surface area (Å²) in [7, 11) is 0. The summed E-state index contributed by atoms with van der Waals surface area (Å²) < 4.78 is 0. The highest BCUT2D eigenvalue weighted by molar-refractivity contribution is 5.80. The van der Waals surface area contributed by atoms with E-state index in [-0.39, 0.29) is 5.91 Å². The Hall–Kier alpha value is -2.04. The summed E-state index contributed by atoms with van der Waals surface area (Å²) in [6.07, 6.45) is 0.652. The van der Waals surface area contributed by atoms with Crippen LogP contribution in [0.4, 0.5) is 5.69 Å². The zero-order valence-corrected chi connectivity index (χ0v) is 13.6. The third kappa shape index (κ3) is 3.08. The van der Waals surface area contributed by atoms with E-state index in [0.717, 1.165) is 43.0 Å². The van der Waals surface area contributed by atoms with Crippen LogP contribution >= 0.6 is 0 Å². The number of carbonyl (C=O) groups excluding carboxylic acids is 1. The highest BCUT2D eigenvalue weighted by Crippen LogP contribution is 2.22. The van der Waals surface area contributed by atoms with Crippen LogP contribution in [0.3, 0.4) is 0 Å². The Morgan fingerprint density at radius 3 is 2.68 bits per heavy atom. The lowest BCUT2D eigenvalue weighted by molar-refractivity contribution is -0.132. The van der Waals surface area contributed by atoms with Gasteiger partial charge in [-0.1, -0.05) is 13.8 Å². The third-order valence-electron chi connectivity index (χ3n) is 4.16. The van der Waals surface area contributed by atoms with Crippen LogP contribution in [0.25, 0.3) is 11.0 Å². The highest BCUT2D eigenvalue weighted by atomic mass is 16.2. The summed E-state index contributed by atoms with van der Waals surface area (Å²) in [5, 5.41) is 0. The van der Waals surface area contributed by atoms with Gasteiger partial charge < -0.3 is 14.8 Å². The number of aromatic amines is 1. The molecule has 0 unspecified atom stereocenters. The Morgan fingerprint density at radius 2 is 2.00 bits per heavy atom. The number of rotatable bonds is 3. The molecule has 0 spiro atoms. The van der Waals surface area contributed by atoms with E-state index in [1.165, 1.54) is 5.69 Å². The van der Waals surface area contributed by atoms with E-state index in [9.17, 15) is 4.79 Å². The number of fused-ring (bicyclic) bond motifs is 1. The van der Waals surface area contributed by atoms with Crippen molar-refractivity contribution in [1.82, 2.24) is 14.9 Å². The number of hydrogen-bond acceptors (Lipinski definition) is 3. The molecule has 22 heavy (non-hydrogen) atoms. The molecule has 1 N–H and O–H groups in total. The molecule has 5 heteroatoms. The minimum Gasteiger partial charge on any atom is -0.368 e. The summed E-state index contributed by atoms with van der Waals surface area (Å²) >= 11 is 0. The number of benzene rings is 1. The number of H-pyrrole nitrogens is 1. The average molecular weight is 300 g/mol. The van der Waals surface area contributed by atoms with Gasteiger partial charge in [0.1, 0.15) is 5.82 Å². The zero-order valence-electron chi connectivity index (χ0n) is 13.6. The predicted molar refractivity (Wildman–Crippen MR) is 89.1 cm³/mol. The van der Waals surface area contributed by atoms with Crippen LogP contribution in [0, 0.1) is 12.8 Å².